The minimum atomic E-state index is -0.107. The Morgan fingerprint density at radius 1 is 1.58 bits per heavy atom. The molecule has 0 saturated heterocycles. The minimum absolute atomic E-state index is 0. The fraction of sp³-hybridized carbons (Fsp3) is 0.625. The normalized spacial score (nSPS) is 9.92. The fourth-order valence-corrected chi connectivity index (χ4v) is 0.476. The molecule has 3 nitrogen and oxygen atoms in total. The standard InChI is InChI=1S/C8H16N2O.BrH/c1-5-8(11)9-7-10(3,4)6-2;/h5H,1,6-7H2,2-4H3;1H. The van der Waals surface area contributed by atoms with Gasteiger partial charge in [-0.1, -0.05) is 6.58 Å². The summed E-state index contributed by atoms with van der Waals surface area (Å²) in [5, 5.41) is 2.74. The summed E-state index contributed by atoms with van der Waals surface area (Å²) in [7, 11) is 4.12. The molecule has 0 spiro atoms. The lowest BCUT2D eigenvalue weighted by Crippen LogP contribution is -3.00. The first-order chi connectivity index (χ1) is 5.02. The summed E-state index contributed by atoms with van der Waals surface area (Å²) >= 11 is 0. The maximum absolute atomic E-state index is 10.7. The quantitative estimate of drug-likeness (QED) is 0.323. The average Bonchev–Trinajstić information content (AvgIpc) is 2.00. The third kappa shape index (κ3) is 6.37. The van der Waals surface area contributed by atoms with Crippen molar-refractivity contribution in [1.82, 2.24) is 5.32 Å². The zero-order valence-corrected chi connectivity index (χ0v) is 9.52. The van der Waals surface area contributed by atoms with Crippen LogP contribution in [0.1, 0.15) is 6.92 Å². The number of nitrogens with zero attached hydrogens (tertiary/aromatic N) is 1. The molecule has 0 atom stereocenters. The van der Waals surface area contributed by atoms with E-state index in [2.05, 4.69) is 32.9 Å². The Hall–Kier alpha value is -0.350. The number of rotatable bonds is 4. The average molecular weight is 237 g/mol. The van der Waals surface area contributed by atoms with Crippen molar-refractivity contribution >= 4 is 5.91 Å². The lowest BCUT2D eigenvalue weighted by Gasteiger charge is -2.27. The Morgan fingerprint density at radius 3 is 2.42 bits per heavy atom. The van der Waals surface area contributed by atoms with Gasteiger partial charge in [0, 0.05) is 0 Å². The van der Waals surface area contributed by atoms with E-state index < -0.39 is 0 Å². The molecule has 0 saturated carbocycles. The summed E-state index contributed by atoms with van der Waals surface area (Å²) in [4.78, 5) is 10.7. The predicted octanol–water partition coefficient (Wildman–Crippen LogP) is -2.65. The van der Waals surface area contributed by atoms with E-state index in [1.807, 2.05) is 0 Å². The van der Waals surface area contributed by atoms with Crippen molar-refractivity contribution in [3.8, 4) is 0 Å². The third-order valence-corrected chi connectivity index (χ3v) is 1.72. The summed E-state index contributed by atoms with van der Waals surface area (Å²) < 4.78 is 0.791. The highest BCUT2D eigenvalue weighted by atomic mass is 79.9. The van der Waals surface area contributed by atoms with Gasteiger partial charge in [0.15, 0.2) is 6.67 Å². The van der Waals surface area contributed by atoms with Gasteiger partial charge in [-0.15, -0.1) is 0 Å². The molecule has 0 aromatic rings. The maximum atomic E-state index is 10.7. The Balaban J connectivity index is 0. The number of nitrogens with one attached hydrogen (secondary N) is 1. The van der Waals surface area contributed by atoms with E-state index in [0.717, 1.165) is 11.0 Å². The van der Waals surface area contributed by atoms with Crippen LogP contribution in [0.15, 0.2) is 12.7 Å². The van der Waals surface area contributed by atoms with Gasteiger partial charge in [0.1, 0.15) is 0 Å². The number of amides is 1. The molecule has 0 aromatic carbocycles. The van der Waals surface area contributed by atoms with E-state index in [1.165, 1.54) is 6.08 Å². The second kappa shape index (κ2) is 6.20. The first kappa shape index (κ1) is 14.2. The molecular weight excluding hydrogens is 220 g/mol. The molecule has 12 heavy (non-hydrogen) atoms. The molecule has 1 N–H and O–H groups in total. The highest BCUT2D eigenvalue weighted by molar-refractivity contribution is 5.86. The van der Waals surface area contributed by atoms with Crippen LogP contribution < -0.4 is 22.3 Å². The monoisotopic (exact) mass is 236 g/mol. The van der Waals surface area contributed by atoms with Crippen LogP contribution in [0.3, 0.4) is 0 Å². The summed E-state index contributed by atoms with van der Waals surface area (Å²) in [5.41, 5.74) is 0. The zero-order chi connectivity index (χ0) is 8.91. The number of carbonyl (C=O) groups excluding carboxylic acids is 1. The van der Waals surface area contributed by atoms with E-state index >= 15 is 0 Å². The van der Waals surface area contributed by atoms with E-state index in [-0.39, 0.29) is 22.9 Å². The second-order valence-electron chi connectivity index (χ2n) is 3.16. The van der Waals surface area contributed by atoms with Crippen LogP contribution >= 0.6 is 0 Å². The van der Waals surface area contributed by atoms with E-state index in [0.29, 0.717) is 6.67 Å². The van der Waals surface area contributed by atoms with Gasteiger partial charge in [-0.05, 0) is 13.0 Å². The third-order valence-electron chi connectivity index (χ3n) is 1.72. The largest absolute Gasteiger partial charge is 1.00 e. The van der Waals surface area contributed by atoms with Gasteiger partial charge in [-0.2, -0.15) is 0 Å². The molecule has 0 bridgehead atoms. The first-order valence-corrected chi connectivity index (χ1v) is 3.74. The van der Waals surface area contributed by atoms with Crippen molar-refractivity contribution < 1.29 is 26.3 Å². The summed E-state index contributed by atoms with van der Waals surface area (Å²) in [6, 6.07) is 0. The van der Waals surface area contributed by atoms with Gasteiger partial charge >= 0.3 is 0 Å². The van der Waals surface area contributed by atoms with Crippen LogP contribution in [0.25, 0.3) is 0 Å². The molecule has 1 amide bonds. The number of halogens is 1. The smallest absolute Gasteiger partial charge is 0.247 e. The predicted molar refractivity (Wildman–Crippen MR) is 45.9 cm³/mol. The van der Waals surface area contributed by atoms with Crippen LogP contribution in [0.2, 0.25) is 0 Å². The molecule has 0 radical (unpaired) electrons. The van der Waals surface area contributed by atoms with Crippen molar-refractivity contribution in [2.24, 2.45) is 0 Å². The van der Waals surface area contributed by atoms with E-state index in [4.69, 9.17) is 0 Å². The molecule has 0 rings (SSSR count). The van der Waals surface area contributed by atoms with E-state index in [9.17, 15) is 4.79 Å². The lowest BCUT2D eigenvalue weighted by molar-refractivity contribution is -0.890. The van der Waals surface area contributed by atoms with Gasteiger partial charge < -0.3 is 26.8 Å². The molecule has 0 aliphatic rings. The Labute approximate surface area is 84.8 Å². The Bertz CT molecular complexity index is 157. The number of carbonyl (C=O) groups is 1. The number of hydrogen-bond acceptors (Lipinski definition) is 1. The van der Waals surface area contributed by atoms with Crippen molar-refractivity contribution in [3.63, 3.8) is 0 Å². The molecular formula is C8H17BrN2O. The van der Waals surface area contributed by atoms with Crippen molar-refractivity contribution in [1.29, 1.82) is 0 Å². The van der Waals surface area contributed by atoms with Gasteiger partial charge in [0.25, 0.3) is 0 Å². The zero-order valence-electron chi connectivity index (χ0n) is 7.93. The van der Waals surface area contributed by atoms with Gasteiger partial charge in [-0.25, -0.2) is 0 Å². The first-order valence-electron chi connectivity index (χ1n) is 3.74. The number of quaternary nitrogens is 1. The summed E-state index contributed by atoms with van der Waals surface area (Å²) in [6.07, 6.45) is 1.29. The molecule has 72 valence electrons. The van der Waals surface area contributed by atoms with Crippen LogP contribution in [0, 0.1) is 0 Å². The highest BCUT2D eigenvalue weighted by Crippen LogP contribution is 1.91. The van der Waals surface area contributed by atoms with Crippen LogP contribution in [0.5, 0.6) is 0 Å². The minimum Gasteiger partial charge on any atom is -1.00 e. The lowest BCUT2D eigenvalue weighted by atomic mass is 10.5. The second-order valence-corrected chi connectivity index (χ2v) is 3.16. The van der Waals surface area contributed by atoms with Gasteiger partial charge in [-0.3, -0.25) is 4.79 Å². The molecule has 0 aliphatic carbocycles. The molecule has 4 heteroatoms. The number of hydrogen-bond donors (Lipinski definition) is 1. The van der Waals surface area contributed by atoms with Crippen molar-refractivity contribution in [2.75, 3.05) is 27.3 Å². The topological polar surface area (TPSA) is 29.1 Å². The van der Waals surface area contributed by atoms with Crippen LogP contribution in [-0.2, 0) is 4.79 Å². The molecule has 0 unspecified atom stereocenters. The van der Waals surface area contributed by atoms with Gasteiger partial charge in [0.2, 0.25) is 5.91 Å². The van der Waals surface area contributed by atoms with Gasteiger partial charge in [0.05, 0.1) is 20.6 Å². The fourth-order valence-electron chi connectivity index (χ4n) is 0.476. The molecule has 0 aromatic heterocycles. The highest BCUT2D eigenvalue weighted by Gasteiger charge is 2.10. The Morgan fingerprint density at radius 2 is 2.08 bits per heavy atom. The van der Waals surface area contributed by atoms with Crippen LogP contribution in [0.4, 0.5) is 0 Å². The SMILES string of the molecule is C=CC(=O)NC[N+](C)(C)CC.[Br-]. The van der Waals surface area contributed by atoms with Crippen molar-refractivity contribution in [2.45, 2.75) is 6.92 Å². The Kier molecular flexibility index (Phi) is 7.33. The van der Waals surface area contributed by atoms with E-state index in [1.54, 1.807) is 0 Å². The summed E-state index contributed by atoms with van der Waals surface area (Å²) in [6.45, 7) is 7.10. The maximum Gasteiger partial charge on any atom is 0.247 e. The van der Waals surface area contributed by atoms with Crippen molar-refractivity contribution in [3.05, 3.63) is 12.7 Å². The molecule has 0 aliphatic heterocycles. The van der Waals surface area contributed by atoms with Crippen LogP contribution in [-0.4, -0.2) is 37.7 Å². The molecule has 0 fully saturated rings. The molecule has 0 heterocycles. The summed E-state index contributed by atoms with van der Waals surface area (Å²) in [5.74, 6) is -0.107.